The number of allylic oxidation sites excluding steroid dienone is 4. The standard InChI is InChI=1S/C18H25ClN4O/c1-4-6-14(15(5-2)20-3)11-13-7-9-23(10-8-13)16-12-21-22-18(24)17(16)19/h4,6,12-13H,3,5,7-11H2,1-2H3,(H,22,24)/b6-4-,15-14+. The molecule has 0 unspecified atom stereocenters. The average Bonchev–Trinajstić information content (AvgIpc) is 2.59. The molecule has 5 nitrogen and oxygen atoms in total. The smallest absolute Gasteiger partial charge is 0.285 e. The van der Waals surface area contributed by atoms with E-state index in [1.807, 2.05) is 6.92 Å². The lowest BCUT2D eigenvalue weighted by atomic mass is 9.88. The molecule has 1 aromatic heterocycles. The van der Waals surface area contributed by atoms with Crippen molar-refractivity contribution < 1.29 is 0 Å². The van der Waals surface area contributed by atoms with E-state index in [0.717, 1.165) is 50.2 Å². The van der Waals surface area contributed by atoms with Gasteiger partial charge in [-0.15, -0.1) is 0 Å². The third-order valence-electron chi connectivity index (χ3n) is 4.51. The van der Waals surface area contributed by atoms with Gasteiger partial charge in [-0.2, -0.15) is 5.10 Å². The molecular formula is C18H25ClN4O. The van der Waals surface area contributed by atoms with Crippen molar-refractivity contribution in [3.05, 3.63) is 45.0 Å². The van der Waals surface area contributed by atoms with Gasteiger partial charge in [0.05, 0.1) is 11.9 Å². The van der Waals surface area contributed by atoms with Crippen molar-refractivity contribution >= 4 is 24.0 Å². The van der Waals surface area contributed by atoms with Crippen LogP contribution in [0.5, 0.6) is 0 Å². The molecule has 6 heteroatoms. The van der Waals surface area contributed by atoms with E-state index in [-0.39, 0.29) is 10.6 Å². The van der Waals surface area contributed by atoms with Crippen LogP contribution in [0, 0.1) is 5.92 Å². The van der Waals surface area contributed by atoms with Crippen molar-refractivity contribution in [1.82, 2.24) is 10.2 Å². The van der Waals surface area contributed by atoms with Gasteiger partial charge >= 0.3 is 0 Å². The molecule has 0 aliphatic carbocycles. The zero-order chi connectivity index (χ0) is 17.5. The Morgan fingerprint density at radius 1 is 1.54 bits per heavy atom. The number of hydrogen-bond donors (Lipinski definition) is 1. The van der Waals surface area contributed by atoms with Crippen LogP contribution in [0.3, 0.4) is 0 Å². The summed E-state index contributed by atoms with van der Waals surface area (Å²) < 4.78 is 0. The Labute approximate surface area is 148 Å². The zero-order valence-electron chi connectivity index (χ0n) is 14.4. The van der Waals surface area contributed by atoms with Crippen LogP contribution in [-0.2, 0) is 0 Å². The van der Waals surface area contributed by atoms with E-state index in [1.54, 1.807) is 6.20 Å². The number of nitrogens with one attached hydrogen (secondary N) is 1. The predicted octanol–water partition coefficient (Wildman–Crippen LogP) is 3.97. The number of piperidine rings is 1. The lowest BCUT2D eigenvalue weighted by Crippen LogP contribution is -2.35. The highest BCUT2D eigenvalue weighted by Crippen LogP contribution is 2.31. The summed E-state index contributed by atoms with van der Waals surface area (Å²) >= 11 is 6.11. The van der Waals surface area contributed by atoms with Crippen molar-refractivity contribution in [2.45, 2.75) is 39.5 Å². The molecule has 1 aliphatic heterocycles. The molecule has 1 saturated heterocycles. The van der Waals surface area contributed by atoms with Crippen molar-refractivity contribution in [2.75, 3.05) is 18.0 Å². The third kappa shape index (κ3) is 4.35. The van der Waals surface area contributed by atoms with E-state index in [0.29, 0.717) is 5.92 Å². The Kier molecular flexibility index (Phi) is 6.79. The maximum absolute atomic E-state index is 11.6. The number of halogens is 1. The number of anilines is 1. The van der Waals surface area contributed by atoms with Crippen molar-refractivity contribution in [1.29, 1.82) is 0 Å². The van der Waals surface area contributed by atoms with Gasteiger partial charge in [0.25, 0.3) is 5.56 Å². The molecule has 0 amide bonds. The normalized spacial score (nSPS) is 17.2. The van der Waals surface area contributed by atoms with Crippen LogP contribution in [0.1, 0.15) is 39.5 Å². The van der Waals surface area contributed by atoms with Gasteiger partial charge in [-0.3, -0.25) is 9.79 Å². The van der Waals surface area contributed by atoms with Crippen molar-refractivity contribution in [3.8, 4) is 0 Å². The largest absolute Gasteiger partial charge is 0.369 e. The maximum Gasteiger partial charge on any atom is 0.285 e. The summed E-state index contributed by atoms with van der Waals surface area (Å²) in [7, 11) is 0. The molecule has 0 spiro atoms. The van der Waals surface area contributed by atoms with Crippen LogP contribution < -0.4 is 10.5 Å². The highest BCUT2D eigenvalue weighted by molar-refractivity contribution is 6.32. The fourth-order valence-corrected chi connectivity index (χ4v) is 3.42. The number of hydrogen-bond acceptors (Lipinski definition) is 4. The first kappa shape index (κ1) is 18.5. The summed E-state index contributed by atoms with van der Waals surface area (Å²) in [5.41, 5.74) is 2.76. The van der Waals surface area contributed by atoms with E-state index < -0.39 is 0 Å². The van der Waals surface area contributed by atoms with Gasteiger partial charge < -0.3 is 4.90 Å². The minimum Gasteiger partial charge on any atom is -0.369 e. The highest BCUT2D eigenvalue weighted by Gasteiger charge is 2.23. The quantitative estimate of drug-likeness (QED) is 0.625. The monoisotopic (exact) mass is 348 g/mol. The lowest BCUT2D eigenvalue weighted by Gasteiger charge is -2.34. The Hall–Kier alpha value is -1.88. The number of aliphatic imine (C=N–C) groups is 1. The van der Waals surface area contributed by atoms with Gasteiger partial charge in [0.15, 0.2) is 0 Å². The van der Waals surface area contributed by atoms with Crippen molar-refractivity contribution in [2.24, 2.45) is 10.9 Å². The molecule has 0 saturated carbocycles. The summed E-state index contributed by atoms with van der Waals surface area (Å²) in [5, 5.41) is 6.44. The van der Waals surface area contributed by atoms with Gasteiger partial charge in [0.2, 0.25) is 0 Å². The molecule has 0 atom stereocenters. The fourth-order valence-electron chi connectivity index (χ4n) is 3.21. The van der Waals surface area contributed by atoms with Gasteiger partial charge in [0.1, 0.15) is 5.02 Å². The first-order chi connectivity index (χ1) is 11.6. The number of aromatic amines is 1. The first-order valence-electron chi connectivity index (χ1n) is 8.40. The Morgan fingerprint density at radius 2 is 2.25 bits per heavy atom. The lowest BCUT2D eigenvalue weighted by molar-refractivity contribution is 0.403. The van der Waals surface area contributed by atoms with E-state index in [2.05, 4.69) is 45.9 Å². The number of H-pyrrole nitrogens is 1. The fraction of sp³-hybridized carbons (Fsp3) is 0.500. The van der Waals surface area contributed by atoms with Gasteiger partial charge in [0, 0.05) is 18.8 Å². The van der Waals surface area contributed by atoms with Crippen LogP contribution >= 0.6 is 11.6 Å². The summed E-state index contributed by atoms with van der Waals surface area (Å²) in [4.78, 5) is 17.9. The minimum atomic E-state index is -0.334. The topological polar surface area (TPSA) is 61.4 Å². The average molecular weight is 349 g/mol. The highest BCUT2D eigenvalue weighted by atomic mass is 35.5. The number of rotatable bonds is 6. The van der Waals surface area contributed by atoms with E-state index in [4.69, 9.17) is 11.6 Å². The molecule has 0 radical (unpaired) electrons. The van der Waals surface area contributed by atoms with Crippen LogP contribution in [-0.4, -0.2) is 30.0 Å². The molecule has 1 N–H and O–H groups in total. The van der Waals surface area contributed by atoms with Crippen LogP contribution in [0.4, 0.5) is 5.69 Å². The Balaban J connectivity index is 2.04. The number of nitrogens with zero attached hydrogens (tertiary/aromatic N) is 3. The van der Waals surface area contributed by atoms with Crippen LogP contribution in [0.25, 0.3) is 0 Å². The van der Waals surface area contributed by atoms with Crippen LogP contribution in [0.15, 0.2) is 39.4 Å². The summed E-state index contributed by atoms with van der Waals surface area (Å²) in [6.07, 6.45) is 9.87. The molecule has 0 aromatic carbocycles. The third-order valence-corrected chi connectivity index (χ3v) is 4.87. The molecule has 1 aromatic rings. The Bertz CT molecular complexity index is 685. The van der Waals surface area contributed by atoms with Gasteiger partial charge in [-0.25, -0.2) is 5.10 Å². The van der Waals surface area contributed by atoms with Crippen molar-refractivity contribution in [3.63, 3.8) is 0 Å². The maximum atomic E-state index is 11.6. The molecule has 2 rings (SSSR count). The van der Waals surface area contributed by atoms with E-state index in [9.17, 15) is 4.79 Å². The molecule has 24 heavy (non-hydrogen) atoms. The summed E-state index contributed by atoms with van der Waals surface area (Å²) in [5.74, 6) is 0.601. The second kappa shape index (κ2) is 8.83. The molecular weight excluding hydrogens is 324 g/mol. The predicted molar refractivity (Wildman–Crippen MR) is 101 cm³/mol. The van der Waals surface area contributed by atoms with Gasteiger partial charge in [-0.1, -0.05) is 30.7 Å². The minimum absolute atomic E-state index is 0.224. The molecule has 1 aliphatic rings. The van der Waals surface area contributed by atoms with Gasteiger partial charge in [-0.05, 0) is 50.8 Å². The second-order valence-corrected chi connectivity index (χ2v) is 6.39. The molecule has 0 bridgehead atoms. The zero-order valence-corrected chi connectivity index (χ0v) is 15.1. The molecule has 1 fully saturated rings. The second-order valence-electron chi connectivity index (χ2n) is 6.02. The summed E-state index contributed by atoms with van der Waals surface area (Å²) in [6, 6.07) is 0. The van der Waals surface area contributed by atoms with E-state index >= 15 is 0 Å². The Morgan fingerprint density at radius 3 is 2.83 bits per heavy atom. The van der Waals surface area contributed by atoms with E-state index in [1.165, 1.54) is 5.57 Å². The first-order valence-corrected chi connectivity index (χ1v) is 8.78. The molecule has 130 valence electrons. The SMILES string of the molecule is C=N/C(CC)=C(\C=C/C)CC1CCN(c2cn[nH]c(=O)c2Cl)CC1. The number of aromatic nitrogens is 2. The summed E-state index contributed by atoms with van der Waals surface area (Å²) in [6.45, 7) is 9.58. The molecule has 2 heterocycles. The van der Waals surface area contributed by atoms with Crippen LogP contribution in [0.2, 0.25) is 5.02 Å².